The first-order valence-electron chi connectivity index (χ1n) is 12.1. The maximum atomic E-state index is 12.7. The van der Waals surface area contributed by atoms with Crippen LogP contribution in [0.5, 0.6) is 0 Å². The predicted molar refractivity (Wildman–Crippen MR) is 133 cm³/mol. The topological polar surface area (TPSA) is 90.7 Å². The molecule has 1 aliphatic carbocycles. The zero-order valence-corrected chi connectivity index (χ0v) is 21.8. The molecule has 0 aliphatic heterocycles. The van der Waals surface area contributed by atoms with Crippen LogP contribution in [-0.4, -0.2) is 50.7 Å². The molecule has 0 N–H and O–H groups in total. The van der Waals surface area contributed by atoms with E-state index in [2.05, 4.69) is 11.1 Å². The Labute approximate surface area is 207 Å². The van der Waals surface area contributed by atoms with Gasteiger partial charge < -0.3 is 18.8 Å². The van der Waals surface area contributed by atoms with Crippen molar-refractivity contribution in [1.29, 1.82) is 0 Å². The van der Waals surface area contributed by atoms with Gasteiger partial charge >= 0.3 is 12.2 Å². The summed E-state index contributed by atoms with van der Waals surface area (Å²) in [6.45, 7) is 12.7. The van der Waals surface area contributed by atoms with Gasteiger partial charge in [0.1, 0.15) is 17.5 Å². The number of aromatic nitrogens is 2. The number of amides is 2. The molecule has 1 heterocycles. The second-order valence-corrected chi connectivity index (χ2v) is 11.3. The first-order valence-corrected chi connectivity index (χ1v) is 12.1. The quantitative estimate of drug-likeness (QED) is 0.477. The van der Waals surface area contributed by atoms with Gasteiger partial charge in [0, 0.05) is 18.4 Å². The molecule has 2 aromatic rings. The molecule has 2 atom stereocenters. The molecule has 1 aliphatic rings. The van der Waals surface area contributed by atoms with Crippen molar-refractivity contribution in [3.05, 3.63) is 48.0 Å². The summed E-state index contributed by atoms with van der Waals surface area (Å²) in [6, 6.07) is 8.08. The molecular weight excluding hydrogens is 446 g/mol. The zero-order chi connectivity index (χ0) is 26.0. The summed E-state index contributed by atoms with van der Waals surface area (Å²) in [5.41, 5.74) is 0.777. The predicted octanol–water partition coefficient (Wildman–Crippen LogP) is 5.59. The lowest BCUT2D eigenvalue weighted by molar-refractivity contribution is -0.110. The lowest BCUT2D eigenvalue weighted by atomic mass is 9.99. The number of ether oxygens (including phenoxy) is 2. The van der Waals surface area contributed by atoms with Crippen LogP contribution in [0.1, 0.15) is 72.1 Å². The van der Waals surface area contributed by atoms with Crippen LogP contribution >= 0.6 is 0 Å². The molecule has 190 valence electrons. The summed E-state index contributed by atoms with van der Waals surface area (Å²) >= 11 is 0. The van der Waals surface area contributed by atoms with Crippen molar-refractivity contribution >= 4 is 18.5 Å². The van der Waals surface area contributed by atoms with E-state index < -0.39 is 28.8 Å². The Hall–Kier alpha value is -3.16. The van der Waals surface area contributed by atoms with E-state index in [4.69, 9.17) is 9.47 Å². The molecule has 1 aromatic heterocycles. The fourth-order valence-electron chi connectivity index (χ4n) is 4.11. The molecule has 2 unspecified atom stereocenters. The summed E-state index contributed by atoms with van der Waals surface area (Å²) < 4.78 is 12.7. The fourth-order valence-corrected chi connectivity index (χ4v) is 4.11. The molecular formula is C27H37N3O5. The second-order valence-electron chi connectivity index (χ2n) is 11.3. The Bertz CT molecular complexity index is 1050. The van der Waals surface area contributed by atoms with Crippen LogP contribution in [0.25, 0.3) is 5.69 Å². The maximum Gasteiger partial charge on any atom is 0.419 e. The number of benzene rings is 1. The van der Waals surface area contributed by atoms with E-state index in [1.807, 2.05) is 35.9 Å². The van der Waals surface area contributed by atoms with Gasteiger partial charge in [-0.25, -0.2) is 19.5 Å². The first-order chi connectivity index (χ1) is 16.2. The Morgan fingerprint density at radius 3 is 2.31 bits per heavy atom. The Morgan fingerprint density at radius 2 is 1.77 bits per heavy atom. The number of carbonyl (C=O) groups is 3. The van der Waals surface area contributed by atoms with Crippen LogP contribution in [-0.2, 0) is 19.7 Å². The summed E-state index contributed by atoms with van der Waals surface area (Å²) in [7, 11) is 0. The van der Waals surface area contributed by atoms with Crippen molar-refractivity contribution in [3.8, 4) is 5.69 Å². The van der Waals surface area contributed by atoms with Crippen LogP contribution in [0, 0.1) is 12.8 Å². The van der Waals surface area contributed by atoms with Crippen molar-refractivity contribution in [3.63, 3.8) is 0 Å². The first kappa shape index (κ1) is 26.4. The molecule has 8 nitrogen and oxygen atoms in total. The number of hydrogen-bond donors (Lipinski definition) is 0. The molecule has 0 saturated heterocycles. The van der Waals surface area contributed by atoms with E-state index in [9.17, 15) is 14.4 Å². The van der Waals surface area contributed by atoms with Gasteiger partial charge in [0.15, 0.2) is 0 Å². The highest BCUT2D eigenvalue weighted by Crippen LogP contribution is 2.54. The van der Waals surface area contributed by atoms with E-state index in [1.165, 1.54) is 0 Å². The van der Waals surface area contributed by atoms with Crippen molar-refractivity contribution in [2.24, 2.45) is 5.92 Å². The SMILES string of the molecule is Cc1cccc(-n2cnc(C3(C=O)CC3CCCN(C(=O)OC(C)(C)C)C(=O)OC(C)(C)C)c2)c1. The van der Waals surface area contributed by atoms with Crippen molar-refractivity contribution in [2.45, 2.75) is 84.3 Å². The molecule has 3 rings (SSSR count). The lowest BCUT2D eigenvalue weighted by Crippen LogP contribution is -2.44. The van der Waals surface area contributed by atoms with Crippen LogP contribution < -0.4 is 0 Å². The molecule has 2 amide bonds. The number of imidazole rings is 1. The number of imide groups is 1. The van der Waals surface area contributed by atoms with Crippen LogP contribution in [0.3, 0.4) is 0 Å². The number of hydrogen-bond acceptors (Lipinski definition) is 6. The van der Waals surface area contributed by atoms with E-state index in [0.717, 1.165) is 28.1 Å². The maximum absolute atomic E-state index is 12.7. The smallest absolute Gasteiger partial charge is 0.419 e. The van der Waals surface area contributed by atoms with E-state index in [-0.39, 0.29) is 12.5 Å². The van der Waals surface area contributed by atoms with Gasteiger partial charge in [-0.1, -0.05) is 12.1 Å². The molecule has 35 heavy (non-hydrogen) atoms. The molecule has 0 bridgehead atoms. The highest BCUT2D eigenvalue weighted by Gasteiger charge is 2.56. The molecule has 8 heteroatoms. The zero-order valence-electron chi connectivity index (χ0n) is 21.8. The Balaban J connectivity index is 1.65. The van der Waals surface area contributed by atoms with Crippen molar-refractivity contribution in [2.75, 3.05) is 6.54 Å². The minimum Gasteiger partial charge on any atom is -0.443 e. The number of nitrogens with zero attached hydrogens (tertiary/aromatic N) is 3. The molecule has 1 aromatic carbocycles. The Morgan fingerprint density at radius 1 is 1.14 bits per heavy atom. The third kappa shape index (κ3) is 6.71. The molecule has 0 spiro atoms. The second kappa shape index (κ2) is 9.84. The molecule has 0 radical (unpaired) electrons. The van der Waals surface area contributed by atoms with Gasteiger partial charge in [-0.2, -0.15) is 0 Å². The molecule has 1 fully saturated rings. The van der Waals surface area contributed by atoms with Crippen LogP contribution in [0.2, 0.25) is 0 Å². The highest BCUT2D eigenvalue weighted by atomic mass is 16.6. The third-order valence-electron chi connectivity index (χ3n) is 5.88. The number of carbonyl (C=O) groups excluding carboxylic acids is 3. The van der Waals surface area contributed by atoms with E-state index in [0.29, 0.717) is 19.3 Å². The van der Waals surface area contributed by atoms with Gasteiger partial charge in [-0.05, 0) is 91.3 Å². The minimum absolute atomic E-state index is 0.0972. The summed E-state index contributed by atoms with van der Waals surface area (Å²) in [5.74, 6) is 0.0972. The largest absolute Gasteiger partial charge is 0.443 e. The fraction of sp³-hybridized carbons (Fsp3) is 0.556. The summed E-state index contributed by atoms with van der Waals surface area (Å²) in [6.07, 6.45) is 5.05. The number of aldehydes is 1. The van der Waals surface area contributed by atoms with Crippen LogP contribution in [0.15, 0.2) is 36.8 Å². The number of rotatable bonds is 7. The number of aryl methyl sites for hydroxylation is 1. The Kier molecular flexibility index (Phi) is 7.43. The third-order valence-corrected chi connectivity index (χ3v) is 5.88. The normalized spacial score (nSPS) is 19.7. The molecule has 1 saturated carbocycles. The van der Waals surface area contributed by atoms with Gasteiger partial charge in [0.25, 0.3) is 0 Å². The lowest BCUT2D eigenvalue weighted by Gasteiger charge is -2.28. The minimum atomic E-state index is -0.739. The highest BCUT2D eigenvalue weighted by molar-refractivity contribution is 5.88. The van der Waals surface area contributed by atoms with Crippen molar-refractivity contribution in [1.82, 2.24) is 14.5 Å². The summed E-state index contributed by atoms with van der Waals surface area (Å²) in [5, 5.41) is 0. The summed E-state index contributed by atoms with van der Waals surface area (Å²) in [4.78, 5) is 43.0. The van der Waals surface area contributed by atoms with Crippen molar-refractivity contribution < 1.29 is 23.9 Å². The van der Waals surface area contributed by atoms with Gasteiger partial charge in [-0.15, -0.1) is 0 Å². The standard InChI is InChI=1S/C27H37N3O5/c1-19-10-8-12-21(14-19)29-16-22(28-18-29)27(17-31)15-20(27)11-9-13-30(23(32)34-25(2,3)4)24(33)35-26(5,6)7/h8,10,12,14,16-18,20H,9,11,13,15H2,1-7H3. The average molecular weight is 484 g/mol. The monoisotopic (exact) mass is 483 g/mol. The van der Waals surface area contributed by atoms with Gasteiger partial charge in [-0.3, -0.25) is 0 Å². The van der Waals surface area contributed by atoms with Gasteiger partial charge in [0.05, 0.1) is 17.4 Å². The average Bonchev–Trinajstić information content (AvgIpc) is 3.20. The van der Waals surface area contributed by atoms with E-state index in [1.54, 1.807) is 47.9 Å². The van der Waals surface area contributed by atoms with E-state index >= 15 is 0 Å². The van der Waals surface area contributed by atoms with Gasteiger partial charge in [0.2, 0.25) is 0 Å². The van der Waals surface area contributed by atoms with Crippen LogP contribution in [0.4, 0.5) is 9.59 Å².